The van der Waals surface area contributed by atoms with Gasteiger partial charge in [0.2, 0.25) is 0 Å². The number of pyridine rings is 1. The number of alkyl halides is 3. The Hall–Kier alpha value is -2.63. The first-order chi connectivity index (χ1) is 15.2. The summed E-state index contributed by atoms with van der Waals surface area (Å²) in [6.07, 6.45) is -1.10. The standard InChI is InChI=1S/C24H27F3N4O/c1-17-2-4-20(29-12-17)14-30-13-19(15-32)23(16-30)6-8-31(9-7-23)21-5-3-18(11-28)22(10-21)24(25,26)27/h2-5,10,12,19,32H,6-9,13-16H2,1H3. The Kier molecular flexibility index (Phi) is 6.15. The van der Waals surface area contributed by atoms with E-state index in [4.69, 9.17) is 5.26 Å². The molecule has 1 N–H and O–H groups in total. The fourth-order valence-electron chi connectivity index (χ4n) is 5.17. The summed E-state index contributed by atoms with van der Waals surface area (Å²) in [5.41, 5.74) is 1.32. The highest BCUT2D eigenvalue weighted by Crippen LogP contribution is 2.46. The number of hydrogen-bond acceptors (Lipinski definition) is 5. The van der Waals surface area contributed by atoms with Crippen molar-refractivity contribution in [1.82, 2.24) is 9.88 Å². The summed E-state index contributed by atoms with van der Waals surface area (Å²) in [6.45, 7) is 5.72. The lowest BCUT2D eigenvalue weighted by molar-refractivity contribution is -0.137. The van der Waals surface area contributed by atoms with Crippen LogP contribution < -0.4 is 4.90 Å². The molecule has 4 rings (SSSR count). The number of halogens is 3. The molecule has 0 saturated carbocycles. The van der Waals surface area contributed by atoms with E-state index in [0.717, 1.165) is 49.8 Å². The number of anilines is 1. The Morgan fingerprint density at radius 1 is 1.22 bits per heavy atom. The first-order valence-electron chi connectivity index (χ1n) is 10.9. The fraction of sp³-hybridized carbons (Fsp3) is 0.500. The molecular weight excluding hydrogens is 417 g/mol. The molecule has 32 heavy (non-hydrogen) atoms. The third-order valence-corrected chi connectivity index (χ3v) is 7.02. The summed E-state index contributed by atoms with van der Waals surface area (Å²) in [5.74, 6) is 0.141. The van der Waals surface area contributed by atoms with Crippen LogP contribution in [0.1, 0.15) is 35.2 Å². The number of nitrogens with zero attached hydrogens (tertiary/aromatic N) is 4. The van der Waals surface area contributed by atoms with Gasteiger partial charge in [-0.25, -0.2) is 0 Å². The third-order valence-electron chi connectivity index (χ3n) is 7.02. The second kappa shape index (κ2) is 8.72. The summed E-state index contributed by atoms with van der Waals surface area (Å²) in [6, 6.07) is 9.65. The van der Waals surface area contributed by atoms with Crippen LogP contribution in [-0.2, 0) is 12.7 Å². The maximum absolute atomic E-state index is 13.4. The van der Waals surface area contributed by atoms with Crippen LogP contribution in [-0.4, -0.2) is 47.8 Å². The van der Waals surface area contributed by atoms with E-state index in [0.29, 0.717) is 18.8 Å². The molecule has 1 unspecified atom stereocenters. The number of aliphatic hydroxyl groups excluding tert-OH is 1. The molecule has 1 spiro atoms. The largest absolute Gasteiger partial charge is 0.417 e. The average Bonchev–Trinajstić information content (AvgIpc) is 3.11. The number of hydrogen-bond donors (Lipinski definition) is 1. The predicted octanol–water partition coefficient (Wildman–Crippen LogP) is 3.99. The zero-order valence-corrected chi connectivity index (χ0v) is 18.1. The number of benzene rings is 1. The highest BCUT2D eigenvalue weighted by molar-refractivity contribution is 5.55. The third kappa shape index (κ3) is 4.45. The molecule has 3 heterocycles. The van der Waals surface area contributed by atoms with E-state index >= 15 is 0 Å². The average molecular weight is 445 g/mol. The number of piperidine rings is 1. The van der Waals surface area contributed by atoms with Crippen LogP contribution in [0.3, 0.4) is 0 Å². The van der Waals surface area contributed by atoms with Crippen molar-refractivity contribution < 1.29 is 18.3 Å². The monoisotopic (exact) mass is 444 g/mol. The first-order valence-corrected chi connectivity index (χ1v) is 10.9. The molecule has 0 aliphatic carbocycles. The summed E-state index contributed by atoms with van der Waals surface area (Å²) in [7, 11) is 0. The number of aromatic nitrogens is 1. The SMILES string of the molecule is Cc1ccc(CN2CC(CO)C3(CCN(c4ccc(C#N)c(C(F)(F)F)c4)CC3)C2)nc1. The Labute approximate surface area is 186 Å². The number of nitriles is 1. The molecule has 5 nitrogen and oxygen atoms in total. The van der Waals surface area contributed by atoms with Crippen LogP contribution in [0.15, 0.2) is 36.5 Å². The lowest BCUT2D eigenvalue weighted by atomic mass is 9.71. The molecule has 2 aliphatic rings. The van der Waals surface area contributed by atoms with Crippen molar-refractivity contribution >= 4 is 5.69 Å². The van der Waals surface area contributed by atoms with E-state index in [1.807, 2.05) is 30.2 Å². The van der Waals surface area contributed by atoms with Crippen LogP contribution in [0.4, 0.5) is 18.9 Å². The van der Waals surface area contributed by atoms with Gasteiger partial charge in [-0.3, -0.25) is 9.88 Å². The van der Waals surface area contributed by atoms with Crippen LogP contribution in [0.5, 0.6) is 0 Å². The normalized spacial score (nSPS) is 21.1. The van der Waals surface area contributed by atoms with Crippen molar-refractivity contribution in [3.05, 3.63) is 58.9 Å². The van der Waals surface area contributed by atoms with Gasteiger partial charge in [0.05, 0.1) is 22.9 Å². The Morgan fingerprint density at radius 2 is 1.97 bits per heavy atom. The van der Waals surface area contributed by atoms with Gasteiger partial charge in [-0.2, -0.15) is 18.4 Å². The van der Waals surface area contributed by atoms with Crippen LogP contribution >= 0.6 is 0 Å². The maximum atomic E-state index is 13.4. The van der Waals surface area contributed by atoms with Crippen LogP contribution in [0.25, 0.3) is 0 Å². The van der Waals surface area contributed by atoms with Gasteiger partial charge in [0, 0.05) is 57.1 Å². The van der Waals surface area contributed by atoms with Crippen molar-refractivity contribution in [2.75, 3.05) is 37.7 Å². The van der Waals surface area contributed by atoms with Crippen molar-refractivity contribution in [2.24, 2.45) is 11.3 Å². The summed E-state index contributed by atoms with van der Waals surface area (Å²) >= 11 is 0. The Bertz CT molecular complexity index is 992. The van der Waals surface area contributed by atoms with E-state index in [9.17, 15) is 18.3 Å². The first kappa shape index (κ1) is 22.6. The predicted molar refractivity (Wildman–Crippen MR) is 115 cm³/mol. The second-order valence-corrected chi connectivity index (χ2v) is 9.06. The Balaban J connectivity index is 1.46. The van der Waals surface area contributed by atoms with E-state index in [2.05, 4.69) is 9.88 Å². The van der Waals surface area contributed by atoms with Crippen molar-refractivity contribution in [2.45, 2.75) is 32.5 Å². The molecule has 170 valence electrons. The summed E-state index contributed by atoms with van der Waals surface area (Å²) in [5, 5.41) is 19.1. The molecule has 1 aromatic heterocycles. The van der Waals surface area contributed by atoms with Crippen molar-refractivity contribution in [3.8, 4) is 6.07 Å². The van der Waals surface area contributed by atoms with Gasteiger partial charge in [0.25, 0.3) is 0 Å². The van der Waals surface area contributed by atoms with E-state index < -0.39 is 11.7 Å². The molecule has 0 amide bonds. The maximum Gasteiger partial charge on any atom is 0.417 e. The highest BCUT2D eigenvalue weighted by Gasteiger charge is 2.47. The number of aryl methyl sites for hydroxylation is 1. The van der Waals surface area contributed by atoms with Gasteiger partial charge in [-0.05, 0) is 55.0 Å². The molecule has 0 radical (unpaired) electrons. The Morgan fingerprint density at radius 3 is 2.56 bits per heavy atom. The fourth-order valence-corrected chi connectivity index (χ4v) is 5.17. The smallest absolute Gasteiger partial charge is 0.396 e. The number of likely N-dealkylation sites (tertiary alicyclic amines) is 1. The van der Waals surface area contributed by atoms with Gasteiger partial charge in [-0.15, -0.1) is 0 Å². The number of aliphatic hydroxyl groups is 1. The van der Waals surface area contributed by atoms with Crippen molar-refractivity contribution in [3.63, 3.8) is 0 Å². The minimum Gasteiger partial charge on any atom is -0.396 e. The van der Waals surface area contributed by atoms with Gasteiger partial charge in [0.1, 0.15) is 0 Å². The minimum atomic E-state index is -4.56. The minimum absolute atomic E-state index is 0.0462. The molecule has 2 saturated heterocycles. The summed E-state index contributed by atoms with van der Waals surface area (Å²) in [4.78, 5) is 8.78. The lowest BCUT2D eigenvalue weighted by Gasteiger charge is -2.43. The number of rotatable bonds is 4. The van der Waals surface area contributed by atoms with E-state index in [1.54, 1.807) is 12.1 Å². The molecular formula is C24H27F3N4O. The van der Waals surface area contributed by atoms with Gasteiger partial charge in [-0.1, -0.05) is 6.07 Å². The van der Waals surface area contributed by atoms with Crippen molar-refractivity contribution in [1.29, 1.82) is 5.26 Å². The molecule has 2 aromatic rings. The zero-order valence-electron chi connectivity index (χ0n) is 18.1. The molecule has 2 fully saturated rings. The molecule has 1 aromatic carbocycles. The quantitative estimate of drug-likeness (QED) is 0.773. The zero-order chi connectivity index (χ0) is 22.9. The van der Waals surface area contributed by atoms with Crippen LogP contribution in [0, 0.1) is 29.6 Å². The molecule has 0 bridgehead atoms. The molecule has 1 atom stereocenters. The van der Waals surface area contributed by atoms with E-state index in [1.165, 1.54) is 6.07 Å². The highest BCUT2D eigenvalue weighted by atomic mass is 19.4. The lowest BCUT2D eigenvalue weighted by Crippen LogP contribution is -2.45. The van der Waals surface area contributed by atoms with Crippen LogP contribution in [0.2, 0.25) is 0 Å². The van der Waals surface area contributed by atoms with Gasteiger partial charge in [0.15, 0.2) is 0 Å². The molecule has 8 heteroatoms. The van der Waals surface area contributed by atoms with Gasteiger partial charge >= 0.3 is 6.18 Å². The second-order valence-electron chi connectivity index (χ2n) is 9.06. The molecule has 2 aliphatic heterocycles. The topological polar surface area (TPSA) is 63.4 Å². The summed E-state index contributed by atoms with van der Waals surface area (Å²) < 4.78 is 40.1. The van der Waals surface area contributed by atoms with Gasteiger partial charge < -0.3 is 10.0 Å². The van der Waals surface area contributed by atoms with E-state index in [-0.39, 0.29) is 23.5 Å².